The van der Waals surface area contributed by atoms with Gasteiger partial charge >= 0.3 is 0 Å². The smallest absolute Gasteiger partial charge is 0.147 e. The zero-order chi connectivity index (χ0) is 10.8. The number of aryl methyl sites for hydroxylation is 1. The van der Waals surface area contributed by atoms with Crippen molar-refractivity contribution in [2.75, 3.05) is 0 Å². The highest BCUT2D eigenvalue weighted by Crippen LogP contribution is 2.23. The second-order valence-corrected chi connectivity index (χ2v) is 3.45. The van der Waals surface area contributed by atoms with Gasteiger partial charge in [0.15, 0.2) is 0 Å². The summed E-state index contributed by atoms with van der Waals surface area (Å²) in [6.07, 6.45) is 2.99. The van der Waals surface area contributed by atoms with E-state index in [0.29, 0.717) is 17.4 Å². The number of aromatic nitrogens is 5. The minimum Gasteiger partial charge on any atom is -0.316 e. The third-order valence-corrected chi connectivity index (χ3v) is 2.45. The van der Waals surface area contributed by atoms with Gasteiger partial charge in [0.1, 0.15) is 18.2 Å². The summed E-state index contributed by atoms with van der Waals surface area (Å²) in [5, 5.41) is 11.1. The molecule has 2 heterocycles. The van der Waals surface area contributed by atoms with E-state index in [0.717, 1.165) is 5.69 Å². The van der Waals surface area contributed by atoms with Crippen LogP contribution in [0.15, 0.2) is 12.5 Å². The molecule has 0 aliphatic carbocycles. The Hall–Kier alpha value is -1.40. The number of rotatable bonds is 3. The maximum Gasteiger partial charge on any atom is 0.147 e. The lowest BCUT2D eigenvalue weighted by Gasteiger charge is -2.10. The quantitative estimate of drug-likeness (QED) is 0.808. The van der Waals surface area contributed by atoms with Gasteiger partial charge in [-0.2, -0.15) is 10.2 Å². The lowest BCUT2D eigenvalue weighted by Crippen LogP contribution is -2.18. The number of hydrogen-bond donors (Lipinski definition) is 2. The lowest BCUT2D eigenvalue weighted by atomic mass is 10.2. The fraction of sp³-hybridized carbons (Fsp3) is 0.375. The van der Waals surface area contributed by atoms with Gasteiger partial charge in [-0.05, 0) is 6.92 Å². The molecule has 2 rings (SSSR count). The predicted octanol–water partition coefficient (Wildman–Crippen LogP) is 0.723. The molecule has 6 nitrogen and oxygen atoms in total. The van der Waals surface area contributed by atoms with Gasteiger partial charge in [0.2, 0.25) is 0 Å². The molecule has 3 N–H and O–H groups in total. The molecule has 0 aromatic carbocycles. The van der Waals surface area contributed by atoms with Crippen LogP contribution in [-0.4, -0.2) is 25.0 Å². The zero-order valence-corrected chi connectivity index (χ0v) is 8.94. The number of nitrogens with two attached hydrogens (primary N) is 1. The average Bonchev–Trinajstić information content (AvgIpc) is 2.85. The maximum absolute atomic E-state index is 6.01. The van der Waals surface area contributed by atoms with Crippen LogP contribution in [-0.2, 0) is 6.54 Å². The molecule has 0 radical (unpaired) electrons. The standard InChI is InChI=1S/C8H11ClN6/c1-2-15-7(5(9)3-13-15)6(10)8-11-4-12-14-8/h3-4,6H,2,10H2,1H3,(H,11,12,14). The summed E-state index contributed by atoms with van der Waals surface area (Å²) in [5.74, 6) is 0.576. The molecular weight excluding hydrogens is 216 g/mol. The van der Waals surface area contributed by atoms with Crippen LogP contribution in [0.2, 0.25) is 5.02 Å². The number of hydrogen-bond acceptors (Lipinski definition) is 4. The van der Waals surface area contributed by atoms with Gasteiger partial charge in [0.25, 0.3) is 0 Å². The van der Waals surface area contributed by atoms with Crippen molar-refractivity contribution in [3.63, 3.8) is 0 Å². The van der Waals surface area contributed by atoms with Crippen molar-refractivity contribution in [3.05, 3.63) is 29.1 Å². The fourth-order valence-electron chi connectivity index (χ4n) is 1.43. The van der Waals surface area contributed by atoms with Crippen molar-refractivity contribution >= 4 is 11.6 Å². The normalized spacial score (nSPS) is 13.0. The molecule has 1 atom stereocenters. The monoisotopic (exact) mass is 226 g/mol. The van der Waals surface area contributed by atoms with E-state index in [4.69, 9.17) is 17.3 Å². The number of H-pyrrole nitrogens is 1. The SMILES string of the molecule is CCn1ncc(Cl)c1C(N)c1ncn[nH]1. The molecule has 0 amide bonds. The van der Waals surface area contributed by atoms with E-state index in [1.165, 1.54) is 6.33 Å². The molecule has 7 heteroatoms. The van der Waals surface area contributed by atoms with Gasteiger partial charge < -0.3 is 5.73 Å². The third kappa shape index (κ3) is 1.73. The van der Waals surface area contributed by atoms with Crippen LogP contribution < -0.4 is 5.73 Å². The van der Waals surface area contributed by atoms with Gasteiger partial charge in [-0.15, -0.1) is 0 Å². The van der Waals surface area contributed by atoms with E-state index in [-0.39, 0.29) is 0 Å². The second kappa shape index (κ2) is 4.00. The Balaban J connectivity index is 2.40. The first-order chi connectivity index (χ1) is 7.24. The Morgan fingerprint density at radius 1 is 1.67 bits per heavy atom. The molecule has 0 aliphatic rings. The number of halogens is 1. The molecule has 2 aromatic rings. The number of aromatic amines is 1. The van der Waals surface area contributed by atoms with Crippen LogP contribution in [0.5, 0.6) is 0 Å². The van der Waals surface area contributed by atoms with Crippen molar-refractivity contribution in [2.24, 2.45) is 5.73 Å². The molecule has 0 spiro atoms. The van der Waals surface area contributed by atoms with E-state index in [1.807, 2.05) is 6.92 Å². The molecule has 80 valence electrons. The summed E-state index contributed by atoms with van der Waals surface area (Å²) >= 11 is 6.01. The molecule has 15 heavy (non-hydrogen) atoms. The molecule has 0 aliphatic heterocycles. The number of nitrogens with one attached hydrogen (secondary N) is 1. The summed E-state index contributed by atoms with van der Waals surface area (Å²) in [6, 6.07) is -0.428. The molecule has 0 fully saturated rings. The van der Waals surface area contributed by atoms with Crippen LogP contribution in [0, 0.1) is 0 Å². The summed E-state index contributed by atoms with van der Waals surface area (Å²) in [4.78, 5) is 4.00. The molecule has 0 saturated heterocycles. The van der Waals surface area contributed by atoms with Gasteiger partial charge in [0.05, 0.1) is 16.9 Å². The average molecular weight is 227 g/mol. The molecule has 0 bridgehead atoms. The van der Waals surface area contributed by atoms with E-state index in [1.54, 1.807) is 10.9 Å². The van der Waals surface area contributed by atoms with E-state index in [2.05, 4.69) is 20.3 Å². The third-order valence-electron chi connectivity index (χ3n) is 2.16. The number of nitrogens with zero attached hydrogens (tertiary/aromatic N) is 4. The lowest BCUT2D eigenvalue weighted by molar-refractivity contribution is 0.591. The van der Waals surface area contributed by atoms with E-state index < -0.39 is 6.04 Å². The van der Waals surface area contributed by atoms with Crippen molar-refractivity contribution < 1.29 is 0 Å². The van der Waals surface area contributed by atoms with E-state index >= 15 is 0 Å². The Morgan fingerprint density at radius 2 is 2.47 bits per heavy atom. The Bertz CT molecular complexity index is 434. The Morgan fingerprint density at radius 3 is 3.07 bits per heavy atom. The second-order valence-electron chi connectivity index (χ2n) is 3.04. The fourth-order valence-corrected chi connectivity index (χ4v) is 1.69. The van der Waals surface area contributed by atoms with Crippen molar-refractivity contribution in [2.45, 2.75) is 19.5 Å². The first-order valence-electron chi connectivity index (χ1n) is 4.56. The van der Waals surface area contributed by atoms with Crippen LogP contribution in [0.1, 0.15) is 24.5 Å². The highest BCUT2D eigenvalue weighted by atomic mass is 35.5. The first-order valence-corrected chi connectivity index (χ1v) is 4.94. The van der Waals surface area contributed by atoms with Gasteiger partial charge in [0, 0.05) is 6.54 Å². The maximum atomic E-state index is 6.01. The van der Waals surface area contributed by atoms with Crippen molar-refractivity contribution in [1.82, 2.24) is 25.0 Å². The summed E-state index contributed by atoms with van der Waals surface area (Å²) < 4.78 is 1.75. The minimum atomic E-state index is -0.428. The van der Waals surface area contributed by atoms with Crippen LogP contribution in [0.4, 0.5) is 0 Å². The van der Waals surface area contributed by atoms with Gasteiger partial charge in [-0.1, -0.05) is 11.6 Å². The minimum absolute atomic E-state index is 0.428. The van der Waals surface area contributed by atoms with Gasteiger partial charge in [-0.3, -0.25) is 9.78 Å². The van der Waals surface area contributed by atoms with Crippen molar-refractivity contribution in [1.29, 1.82) is 0 Å². The predicted molar refractivity (Wildman–Crippen MR) is 55.3 cm³/mol. The molecule has 1 unspecified atom stereocenters. The largest absolute Gasteiger partial charge is 0.316 e. The van der Waals surface area contributed by atoms with Crippen LogP contribution in [0.3, 0.4) is 0 Å². The first kappa shape index (κ1) is 10.1. The zero-order valence-electron chi connectivity index (χ0n) is 8.18. The topological polar surface area (TPSA) is 85.4 Å². The Kier molecular flexibility index (Phi) is 2.70. The summed E-state index contributed by atoms with van der Waals surface area (Å²) in [7, 11) is 0. The highest BCUT2D eigenvalue weighted by Gasteiger charge is 2.19. The molecule has 0 saturated carbocycles. The summed E-state index contributed by atoms with van der Waals surface area (Å²) in [6.45, 7) is 2.68. The van der Waals surface area contributed by atoms with Crippen molar-refractivity contribution in [3.8, 4) is 0 Å². The van der Waals surface area contributed by atoms with Crippen LogP contribution >= 0.6 is 11.6 Å². The highest BCUT2D eigenvalue weighted by molar-refractivity contribution is 6.31. The summed E-state index contributed by atoms with van der Waals surface area (Å²) in [5.41, 5.74) is 6.75. The van der Waals surface area contributed by atoms with Crippen LogP contribution in [0.25, 0.3) is 0 Å². The van der Waals surface area contributed by atoms with Gasteiger partial charge in [-0.25, -0.2) is 4.98 Å². The molecule has 2 aromatic heterocycles. The molecular formula is C8H11ClN6. The Labute approximate surface area is 91.5 Å². The van der Waals surface area contributed by atoms with E-state index in [9.17, 15) is 0 Å².